The molecule has 108 valence electrons. The summed E-state index contributed by atoms with van der Waals surface area (Å²) in [5, 5.41) is 11.5. The average molecular weight is 269 g/mol. The molecule has 2 aliphatic heterocycles. The number of hydrogen-bond donors (Lipinski definition) is 2. The minimum Gasteiger partial charge on any atom is -0.480 e. The molecule has 0 bridgehead atoms. The number of carbonyl (C=O) groups excluding carboxylic acids is 1. The van der Waals surface area contributed by atoms with Crippen LogP contribution in [0.4, 0.5) is 4.79 Å². The van der Waals surface area contributed by atoms with Gasteiger partial charge in [0.2, 0.25) is 0 Å². The van der Waals surface area contributed by atoms with Crippen LogP contribution in [0.5, 0.6) is 0 Å². The molecule has 6 heteroatoms. The first-order valence-electron chi connectivity index (χ1n) is 7.14. The summed E-state index contributed by atoms with van der Waals surface area (Å²) in [4.78, 5) is 27.1. The first kappa shape index (κ1) is 14.1. The van der Waals surface area contributed by atoms with Crippen molar-refractivity contribution in [2.24, 2.45) is 0 Å². The van der Waals surface area contributed by atoms with Gasteiger partial charge in [0.1, 0.15) is 6.04 Å². The maximum Gasteiger partial charge on any atom is 0.326 e. The summed E-state index contributed by atoms with van der Waals surface area (Å²) in [6.45, 7) is 5.47. The number of nitrogens with zero attached hydrogens (tertiary/aromatic N) is 2. The standard InChI is InChI=1S/C13H23N3O3/c1-2-11(12(17)18)14-13(19)16-8-5-10(9-16)15-6-3-4-7-15/h10-11H,2-9H2,1H3,(H,14,19)(H,17,18)/t10?,11-/m0/s1. The minimum absolute atomic E-state index is 0.240. The highest BCUT2D eigenvalue weighted by Gasteiger charge is 2.32. The number of rotatable bonds is 4. The highest BCUT2D eigenvalue weighted by molar-refractivity contribution is 5.82. The Bertz CT molecular complexity index is 342. The Hall–Kier alpha value is -1.30. The lowest BCUT2D eigenvalue weighted by Crippen LogP contribution is -2.47. The van der Waals surface area contributed by atoms with Crippen LogP contribution < -0.4 is 5.32 Å². The fourth-order valence-electron chi connectivity index (χ4n) is 2.91. The second-order valence-electron chi connectivity index (χ2n) is 5.38. The quantitative estimate of drug-likeness (QED) is 0.789. The molecule has 2 amide bonds. The summed E-state index contributed by atoms with van der Waals surface area (Å²) >= 11 is 0. The number of carboxylic acids is 1. The Kier molecular flexibility index (Phi) is 4.63. The van der Waals surface area contributed by atoms with E-state index < -0.39 is 12.0 Å². The molecular weight excluding hydrogens is 246 g/mol. The third kappa shape index (κ3) is 3.37. The van der Waals surface area contributed by atoms with E-state index in [2.05, 4.69) is 10.2 Å². The van der Waals surface area contributed by atoms with Gasteiger partial charge in [0.05, 0.1) is 0 Å². The molecule has 2 fully saturated rings. The molecule has 2 heterocycles. The van der Waals surface area contributed by atoms with Gasteiger partial charge >= 0.3 is 12.0 Å². The predicted octanol–water partition coefficient (Wildman–Crippen LogP) is 0.729. The van der Waals surface area contributed by atoms with Crippen molar-refractivity contribution in [1.82, 2.24) is 15.1 Å². The number of aliphatic carboxylic acids is 1. The van der Waals surface area contributed by atoms with Gasteiger partial charge < -0.3 is 15.3 Å². The average Bonchev–Trinajstić information content (AvgIpc) is 3.04. The lowest BCUT2D eigenvalue weighted by Gasteiger charge is -2.24. The van der Waals surface area contributed by atoms with Crippen molar-refractivity contribution in [3.05, 3.63) is 0 Å². The monoisotopic (exact) mass is 269 g/mol. The number of amides is 2. The molecule has 0 aromatic heterocycles. The highest BCUT2D eigenvalue weighted by Crippen LogP contribution is 2.20. The van der Waals surface area contributed by atoms with E-state index in [4.69, 9.17) is 5.11 Å². The summed E-state index contributed by atoms with van der Waals surface area (Å²) in [6.07, 6.45) is 3.90. The summed E-state index contributed by atoms with van der Waals surface area (Å²) in [7, 11) is 0. The molecule has 2 atom stereocenters. The Labute approximate surface area is 113 Å². The first-order chi connectivity index (χ1) is 9.11. The largest absolute Gasteiger partial charge is 0.480 e. The molecule has 2 aliphatic rings. The summed E-state index contributed by atoms with van der Waals surface area (Å²) in [5.74, 6) is -0.967. The minimum atomic E-state index is -0.967. The number of urea groups is 1. The Morgan fingerprint density at radius 1 is 1.32 bits per heavy atom. The molecule has 0 aromatic rings. The van der Waals surface area contributed by atoms with E-state index in [0.717, 1.165) is 32.6 Å². The molecule has 19 heavy (non-hydrogen) atoms. The Morgan fingerprint density at radius 3 is 2.58 bits per heavy atom. The zero-order valence-electron chi connectivity index (χ0n) is 11.5. The number of carboxylic acid groups (broad SMARTS) is 1. The second-order valence-corrected chi connectivity index (χ2v) is 5.38. The molecule has 0 aromatic carbocycles. The van der Waals surface area contributed by atoms with Crippen LogP contribution in [-0.4, -0.2) is 65.2 Å². The third-order valence-electron chi connectivity index (χ3n) is 4.11. The van der Waals surface area contributed by atoms with Gasteiger partial charge in [-0.3, -0.25) is 4.90 Å². The van der Waals surface area contributed by atoms with Gasteiger partial charge in [-0.1, -0.05) is 6.92 Å². The van der Waals surface area contributed by atoms with Crippen LogP contribution in [-0.2, 0) is 4.79 Å². The van der Waals surface area contributed by atoms with E-state index in [0.29, 0.717) is 12.5 Å². The van der Waals surface area contributed by atoms with Crippen LogP contribution in [0.15, 0.2) is 0 Å². The predicted molar refractivity (Wildman–Crippen MR) is 71.0 cm³/mol. The topological polar surface area (TPSA) is 72.9 Å². The SMILES string of the molecule is CC[C@H](NC(=O)N1CCC(N2CCCC2)C1)C(=O)O. The zero-order valence-corrected chi connectivity index (χ0v) is 11.5. The molecule has 0 saturated carbocycles. The fraction of sp³-hybridized carbons (Fsp3) is 0.846. The van der Waals surface area contributed by atoms with Gasteiger partial charge in [-0.15, -0.1) is 0 Å². The second kappa shape index (κ2) is 6.23. The van der Waals surface area contributed by atoms with Crippen molar-refractivity contribution < 1.29 is 14.7 Å². The lowest BCUT2D eigenvalue weighted by atomic mass is 10.2. The maximum atomic E-state index is 12.0. The third-order valence-corrected chi connectivity index (χ3v) is 4.11. The Balaban J connectivity index is 1.82. The zero-order chi connectivity index (χ0) is 13.8. The van der Waals surface area contributed by atoms with Crippen molar-refractivity contribution in [1.29, 1.82) is 0 Å². The van der Waals surface area contributed by atoms with Gasteiger partial charge in [-0.25, -0.2) is 9.59 Å². The molecule has 0 radical (unpaired) electrons. The number of nitrogens with one attached hydrogen (secondary N) is 1. The van der Waals surface area contributed by atoms with Crippen LogP contribution in [0.3, 0.4) is 0 Å². The van der Waals surface area contributed by atoms with E-state index in [9.17, 15) is 9.59 Å². The summed E-state index contributed by atoms with van der Waals surface area (Å²) < 4.78 is 0. The van der Waals surface area contributed by atoms with Crippen molar-refractivity contribution in [2.45, 2.75) is 44.7 Å². The van der Waals surface area contributed by atoms with Crippen LogP contribution in [0.2, 0.25) is 0 Å². The van der Waals surface area contributed by atoms with Crippen LogP contribution in [0, 0.1) is 0 Å². The molecule has 2 saturated heterocycles. The van der Waals surface area contributed by atoms with E-state index in [-0.39, 0.29) is 6.03 Å². The van der Waals surface area contributed by atoms with Crippen molar-refractivity contribution in [2.75, 3.05) is 26.2 Å². The highest BCUT2D eigenvalue weighted by atomic mass is 16.4. The number of likely N-dealkylation sites (tertiary alicyclic amines) is 2. The summed E-state index contributed by atoms with van der Waals surface area (Å²) in [6, 6.07) is -0.563. The molecule has 2 N–H and O–H groups in total. The molecule has 1 unspecified atom stereocenters. The van der Waals surface area contributed by atoms with E-state index in [1.807, 2.05) is 0 Å². The molecule has 2 rings (SSSR count). The van der Waals surface area contributed by atoms with Crippen LogP contribution in [0.25, 0.3) is 0 Å². The number of carbonyl (C=O) groups is 2. The van der Waals surface area contributed by atoms with E-state index >= 15 is 0 Å². The van der Waals surface area contributed by atoms with Crippen LogP contribution in [0.1, 0.15) is 32.6 Å². The molecule has 0 aliphatic carbocycles. The molecule has 6 nitrogen and oxygen atoms in total. The first-order valence-corrected chi connectivity index (χ1v) is 7.14. The lowest BCUT2D eigenvalue weighted by molar-refractivity contribution is -0.139. The van der Waals surface area contributed by atoms with Crippen molar-refractivity contribution in [3.63, 3.8) is 0 Å². The fourth-order valence-corrected chi connectivity index (χ4v) is 2.91. The van der Waals surface area contributed by atoms with Gasteiger partial charge in [0, 0.05) is 19.1 Å². The summed E-state index contributed by atoms with van der Waals surface area (Å²) in [5.41, 5.74) is 0. The van der Waals surface area contributed by atoms with Gasteiger partial charge in [0.15, 0.2) is 0 Å². The van der Waals surface area contributed by atoms with Gasteiger partial charge in [-0.05, 0) is 38.8 Å². The smallest absolute Gasteiger partial charge is 0.326 e. The van der Waals surface area contributed by atoms with E-state index in [1.165, 1.54) is 12.8 Å². The normalized spacial score (nSPS) is 25.5. The van der Waals surface area contributed by atoms with E-state index in [1.54, 1.807) is 11.8 Å². The van der Waals surface area contributed by atoms with Crippen LogP contribution >= 0.6 is 0 Å². The van der Waals surface area contributed by atoms with Gasteiger partial charge in [-0.2, -0.15) is 0 Å². The van der Waals surface area contributed by atoms with Crippen molar-refractivity contribution >= 4 is 12.0 Å². The molecular formula is C13H23N3O3. The van der Waals surface area contributed by atoms with Crippen molar-refractivity contribution in [3.8, 4) is 0 Å². The maximum absolute atomic E-state index is 12.0. The Morgan fingerprint density at radius 2 is 2.00 bits per heavy atom. The molecule has 0 spiro atoms. The number of hydrogen-bond acceptors (Lipinski definition) is 3. The van der Waals surface area contributed by atoms with Gasteiger partial charge in [0.25, 0.3) is 0 Å².